The van der Waals surface area contributed by atoms with Gasteiger partial charge in [0.1, 0.15) is 23.2 Å². The first kappa shape index (κ1) is 40.9. The van der Waals surface area contributed by atoms with Gasteiger partial charge in [-0.25, -0.2) is 4.67 Å². The number of carbonyl (C=O) groups is 1. The van der Waals surface area contributed by atoms with Crippen molar-refractivity contribution in [2.75, 3.05) is 38.9 Å². The SMILES string of the molecule is C.C.CC(C)(C)COP(=O)(N1CCN(C(=O)CCCCCC[P+](c2ccccc2)(c2ccccc2)c2ccccc2)CC1)C(C)(C)C. The highest BCUT2D eigenvalue weighted by molar-refractivity contribution is 7.95. The fourth-order valence-corrected chi connectivity index (χ4v) is 13.3. The summed E-state index contributed by atoms with van der Waals surface area (Å²) >= 11 is 0. The van der Waals surface area contributed by atoms with E-state index in [1.54, 1.807) is 0 Å². The molecule has 0 saturated carbocycles. The Hall–Kier alpha value is -2.29. The number of unbranched alkanes of at least 4 members (excludes halogenated alkanes) is 3. The molecule has 5 nitrogen and oxygen atoms in total. The molecular weight excluding hydrogens is 618 g/mol. The van der Waals surface area contributed by atoms with Gasteiger partial charge in [0.05, 0.1) is 17.9 Å². The van der Waals surface area contributed by atoms with Crippen molar-refractivity contribution in [3.63, 3.8) is 0 Å². The fraction of sp³-hybridized carbons (Fsp3) is 0.525. The van der Waals surface area contributed by atoms with Crippen molar-refractivity contribution in [2.45, 2.75) is 93.7 Å². The highest BCUT2D eigenvalue weighted by Crippen LogP contribution is 2.62. The van der Waals surface area contributed by atoms with Crippen molar-refractivity contribution in [1.29, 1.82) is 0 Å². The number of nitrogens with zero attached hydrogens (tertiary/aromatic N) is 2. The van der Waals surface area contributed by atoms with E-state index in [0.717, 1.165) is 31.8 Å². The Kier molecular flexibility index (Phi) is 15.6. The van der Waals surface area contributed by atoms with E-state index in [2.05, 4.69) is 112 Å². The van der Waals surface area contributed by atoms with Crippen LogP contribution in [0.15, 0.2) is 91.0 Å². The van der Waals surface area contributed by atoms with Crippen LogP contribution in [0.4, 0.5) is 0 Å². The number of benzene rings is 3. The monoisotopic (exact) mass is 681 g/mol. The molecular formula is C40H63N2O3P2+. The van der Waals surface area contributed by atoms with Gasteiger partial charge < -0.3 is 9.42 Å². The Balaban J connectivity index is 0.00000384. The lowest BCUT2D eigenvalue weighted by atomic mass is 9.99. The van der Waals surface area contributed by atoms with Crippen LogP contribution in [0.1, 0.15) is 88.5 Å². The average Bonchev–Trinajstić information content (AvgIpc) is 3.04. The number of amides is 1. The van der Waals surface area contributed by atoms with E-state index in [0.29, 0.717) is 39.2 Å². The quantitative estimate of drug-likeness (QED) is 0.133. The summed E-state index contributed by atoms with van der Waals surface area (Å²) in [5, 5.41) is 3.80. The second-order valence-corrected chi connectivity index (χ2v) is 21.4. The van der Waals surface area contributed by atoms with Gasteiger partial charge in [-0.05, 0) is 81.8 Å². The van der Waals surface area contributed by atoms with Crippen molar-refractivity contribution in [1.82, 2.24) is 9.57 Å². The van der Waals surface area contributed by atoms with Crippen LogP contribution in [0.2, 0.25) is 0 Å². The summed E-state index contributed by atoms with van der Waals surface area (Å²) in [6.07, 6.45) is 5.87. The van der Waals surface area contributed by atoms with E-state index in [1.165, 1.54) is 15.9 Å². The molecule has 47 heavy (non-hydrogen) atoms. The van der Waals surface area contributed by atoms with Crippen LogP contribution in [0.25, 0.3) is 0 Å². The molecule has 0 radical (unpaired) electrons. The molecule has 1 aliphatic heterocycles. The van der Waals surface area contributed by atoms with Gasteiger partial charge in [-0.3, -0.25) is 9.36 Å². The Bertz CT molecular complexity index is 1280. The second-order valence-electron chi connectivity index (χ2n) is 14.6. The largest absolute Gasteiger partial charge is 0.340 e. The first-order valence-electron chi connectivity index (χ1n) is 16.7. The molecule has 3 aromatic rings. The van der Waals surface area contributed by atoms with E-state index in [1.807, 2.05) is 30.3 Å². The van der Waals surface area contributed by atoms with E-state index in [9.17, 15) is 9.36 Å². The van der Waals surface area contributed by atoms with Crippen LogP contribution in [0, 0.1) is 5.41 Å². The minimum Gasteiger partial charge on any atom is -0.340 e. The van der Waals surface area contributed by atoms with Gasteiger partial charge in [-0.15, -0.1) is 0 Å². The molecule has 1 fully saturated rings. The van der Waals surface area contributed by atoms with E-state index in [-0.39, 0.29) is 26.2 Å². The Morgan fingerprint density at radius 2 is 1.11 bits per heavy atom. The van der Waals surface area contributed by atoms with Gasteiger partial charge in [-0.2, -0.15) is 0 Å². The molecule has 0 N–H and O–H groups in total. The predicted molar refractivity (Wildman–Crippen MR) is 207 cm³/mol. The van der Waals surface area contributed by atoms with Crippen LogP contribution in [-0.4, -0.2) is 59.6 Å². The summed E-state index contributed by atoms with van der Waals surface area (Å²) < 4.78 is 22.3. The molecule has 4 rings (SSSR count). The van der Waals surface area contributed by atoms with Crippen LogP contribution in [-0.2, 0) is 13.9 Å². The molecule has 1 atom stereocenters. The second kappa shape index (κ2) is 17.9. The maximum atomic E-state index is 14.1. The summed E-state index contributed by atoms with van der Waals surface area (Å²) in [5.41, 5.74) is -0.0629. The van der Waals surface area contributed by atoms with Crippen molar-refractivity contribution < 1.29 is 13.9 Å². The third-order valence-electron chi connectivity index (χ3n) is 8.73. The van der Waals surface area contributed by atoms with E-state index < -0.39 is 19.9 Å². The Morgan fingerprint density at radius 3 is 1.51 bits per heavy atom. The van der Waals surface area contributed by atoms with Gasteiger partial charge >= 0.3 is 0 Å². The van der Waals surface area contributed by atoms with Gasteiger partial charge in [0.15, 0.2) is 0 Å². The lowest BCUT2D eigenvalue weighted by Gasteiger charge is -2.44. The number of carbonyl (C=O) groups excluding carboxylic acids is 1. The minimum atomic E-state index is -3.05. The Morgan fingerprint density at radius 1 is 0.681 bits per heavy atom. The summed E-state index contributed by atoms with van der Waals surface area (Å²) in [6, 6.07) is 33.2. The van der Waals surface area contributed by atoms with Crippen molar-refractivity contribution >= 4 is 36.6 Å². The summed E-state index contributed by atoms with van der Waals surface area (Å²) in [7, 11) is -4.85. The fourth-order valence-electron chi connectivity index (χ4n) is 6.21. The van der Waals surface area contributed by atoms with Gasteiger partial charge in [0.25, 0.3) is 7.52 Å². The molecule has 1 heterocycles. The highest BCUT2D eigenvalue weighted by Gasteiger charge is 2.46. The molecule has 3 aromatic carbocycles. The zero-order valence-corrected chi connectivity index (χ0v) is 30.2. The van der Waals surface area contributed by atoms with Crippen LogP contribution < -0.4 is 15.9 Å². The van der Waals surface area contributed by atoms with Crippen molar-refractivity contribution in [2.24, 2.45) is 5.41 Å². The average molecular weight is 682 g/mol. The van der Waals surface area contributed by atoms with Crippen LogP contribution in [0.3, 0.4) is 0 Å². The molecule has 260 valence electrons. The van der Waals surface area contributed by atoms with Crippen LogP contribution >= 0.6 is 14.8 Å². The normalized spacial score (nSPS) is 15.7. The van der Waals surface area contributed by atoms with E-state index in [4.69, 9.17) is 4.52 Å². The topological polar surface area (TPSA) is 49.9 Å². The number of hydrogen-bond donors (Lipinski definition) is 0. The maximum absolute atomic E-state index is 14.1. The summed E-state index contributed by atoms with van der Waals surface area (Å²) in [6.45, 7) is 15.2. The molecule has 0 spiro atoms. The number of rotatable bonds is 13. The maximum Gasteiger partial charge on any atom is 0.277 e. The lowest BCUT2D eigenvalue weighted by molar-refractivity contribution is -0.132. The molecule has 1 saturated heterocycles. The molecule has 1 amide bonds. The summed E-state index contributed by atoms with van der Waals surface area (Å²) in [4.78, 5) is 15.1. The lowest BCUT2D eigenvalue weighted by Crippen LogP contribution is -2.49. The van der Waals surface area contributed by atoms with Crippen molar-refractivity contribution in [3.05, 3.63) is 91.0 Å². The van der Waals surface area contributed by atoms with Gasteiger partial charge in [0.2, 0.25) is 5.91 Å². The first-order valence-corrected chi connectivity index (χ1v) is 20.2. The molecule has 1 unspecified atom stereocenters. The standard InChI is InChI=1S/C38H55N2O3P2.2CH4/c1-37(2,3)32-43-45(42,38(4,5)6)40-29-27-39(28-30-40)36(41)26-18-7-8-19-31-44(33-20-12-9-13-21-33,34-22-14-10-15-23-34)35-24-16-11-17-25-35;;/h9-17,20-25H,7-8,18-19,26-32H2,1-6H3;2*1H4/q+1;;. The molecule has 7 heteroatoms. The van der Waals surface area contributed by atoms with Gasteiger partial charge in [-0.1, -0.05) is 96.6 Å². The zero-order chi connectivity index (χ0) is 32.6. The summed E-state index contributed by atoms with van der Waals surface area (Å²) in [5.74, 6) is 0.218. The predicted octanol–water partition coefficient (Wildman–Crippen LogP) is 9.40. The Labute approximate surface area is 288 Å². The van der Waals surface area contributed by atoms with Crippen LogP contribution in [0.5, 0.6) is 0 Å². The van der Waals surface area contributed by atoms with Gasteiger partial charge in [0, 0.05) is 32.6 Å². The third-order valence-corrected chi connectivity index (χ3v) is 16.6. The molecule has 0 aliphatic carbocycles. The van der Waals surface area contributed by atoms with Crippen molar-refractivity contribution in [3.8, 4) is 0 Å². The highest BCUT2D eigenvalue weighted by atomic mass is 31.2. The number of hydrogen-bond acceptors (Lipinski definition) is 3. The molecule has 0 bridgehead atoms. The smallest absolute Gasteiger partial charge is 0.277 e. The zero-order valence-electron chi connectivity index (χ0n) is 28.5. The molecule has 1 aliphatic rings. The molecule has 0 aromatic heterocycles. The first-order chi connectivity index (χ1) is 21.4. The number of piperazine rings is 1. The third kappa shape index (κ3) is 10.4. The minimum absolute atomic E-state index is 0. The van der Waals surface area contributed by atoms with E-state index >= 15 is 0 Å².